The number of oxazole rings is 1. The van der Waals surface area contributed by atoms with Crippen molar-refractivity contribution in [2.24, 2.45) is 0 Å². The van der Waals surface area contributed by atoms with Gasteiger partial charge in [-0.2, -0.15) is 0 Å². The lowest BCUT2D eigenvalue weighted by Gasteiger charge is -2.18. The molecular formula is C24H27N3O4. The summed E-state index contributed by atoms with van der Waals surface area (Å²) < 4.78 is 10.4. The molecule has 0 aliphatic heterocycles. The normalized spacial score (nSPS) is 10.7. The van der Waals surface area contributed by atoms with Crippen LogP contribution in [0, 0.1) is 20.8 Å². The third kappa shape index (κ3) is 5.38. The molecule has 1 aromatic heterocycles. The first-order chi connectivity index (χ1) is 14.8. The fourth-order valence-electron chi connectivity index (χ4n) is 3.22. The van der Waals surface area contributed by atoms with Crippen LogP contribution >= 0.6 is 0 Å². The summed E-state index contributed by atoms with van der Waals surface area (Å²) in [6, 6.07) is 13.3. The lowest BCUT2D eigenvalue weighted by molar-refractivity contribution is 0.0744. The van der Waals surface area contributed by atoms with Crippen molar-refractivity contribution in [2.75, 3.05) is 32.6 Å². The predicted molar refractivity (Wildman–Crippen MR) is 119 cm³/mol. The molecule has 3 aromatic rings. The Morgan fingerprint density at radius 2 is 1.77 bits per heavy atom. The van der Waals surface area contributed by atoms with Gasteiger partial charge in [0.15, 0.2) is 11.6 Å². The number of methoxy groups -OCH3 is 1. The monoisotopic (exact) mass is 421 g/mol. The molecule has 0 saturated carbocycles. The lowest BCUT2D eigenvalue weighted by Crippen LogP contribution is -2.30. The first-order valence-electron chi connectivity index (χ1n) is 10.0. The largest absolute Gasteiger partial charge is 0.445 e. The van der Waals surface area contributed by atoms with Crippen LogP contribution in [0.2, 0.25) is 0 Å². The summed E-state index contributed by atoms with van der Waals surface area (Å²) in [7, 11) is 3.32. The molecule has 0 fully saturated rings. The summed E-state index contributed by atoms with van der Waals surface area (Å²) in [6.45, 7) is 6.30. The molecule has 31 heavy (non-hydrogen) atoms. The van der Waals surface area contributed by atoms with Crippen molar-refractivity contribution in [1.29, 1.82) is 0 Å². The lowest BCUT2D eigenvalue weighted by atomic mass is 10.0. The van der Waals surface area contributed by atoms with E-state index in [1.54, 1.807) is 39.0 Å². The highest BCUT2D eigenvalue weighted by molar-refractivity contribution is 6.05. The highest BCUT2D eigenvalue weighted by atomic mass is 16.5. The zero-order chi connectivity index (χ0) is 22.5. The molecule has 7 nitrogen and oxygen atoms in total. The van der Waals surface area contributed by atoms with E-state index in [2.05, 4.69) is 10.3 Å². The highest BCUT2D eigenvalue weighted by Crippen LogP contribution is 2.26. The van der Waals surface area contributed by atoms with Crippen LogP contribution in [0.1, 0.15) is 38.1 Å². The number of nitrogens with one attached hydrogen (secondary N) is 1. The number of carbonyl (C=O) groups is 2. The molecule has 1 N–H and O–H groups in total. The molecule has 1 heterocycles. The van der Waals surface area contributed by atoms with Gasteiger partial charge in [0.25, 0.3) is 11.8 Å². The minimum Gasteiger partial charge on any atom is -0.445 e. The third-order valence-corrected chi connectivity index (χ3v) is 4.92. The minimum atomic E-state index is -0.387. The average Bonchev–Trinajstić information content (AvgIpc) is 3.09. The van der Waals surface area contributed by atoms with E-state index in [1.807, 2.05) is 43.3 Å². The van der Waals surface area contributed by atoms with E-state index in [-0.39, 0.29) is 17.5 Å². The number of rotatable bonds is 7. The smallest absolute Gasteiger partial charge is 0.277 e. The minimum absolute atomic E-state index is 0.157. The third-order valence-electron chi connectivity index (χ3n) is 4.92. The number of benzene rings is 2. The number of ether oxygens (including phenoxy) is 1. The molecule has 162 valence electrons. The van der Waals surface area contributed by atoms with Crippen LogP contribution < -0.4 is 5.32 Å². The molecule has 0 bridgehead atoms. The van der Waals surface area contributed by atoms with Crippen LogP contribution in [-0.4, -0.2) is 49.0 Å². The molecule has 0 saturated heterocycles. The maximum absolute atomic E-state index is 13.0. The van der Waals surface area contributed by atoms with Crippen molar-refractivity contribution in [1.82, 2.24) is 9.88 Å². The van der Waals surface area contributed by atoms with Crippen molar-refractivity contribution in [3.05, 3.63) is 70.9 Å². The second-order valence-electron chi connectivity index (χ2n) is 7.48. The molecule has 0 atom stereocenters. The van der Waals surface area contributed by atoms with E-state index >= 15 is 0 Å². The number of amides is 2. The Morgan fingerprint density at radius 3 is 2.39 bits per heavy atom. The predicted octanol–water partition coefficient (Wildman–Crippen LogP) is 4.24. The number of hydrogen-bond donors (Lipinski definition) is 1. The molecular weight excluding hydrogens is 394 g/mol. The van der Waals surface area contributed by atoms with Gasteiger partial charge in [0.05, 0.1) is 6.61 Å². The van der Waals surface area contributed by atoms with Crippen molar-refractivity contribution in [2.45, 2.75) is 20.8 Å². The van der Waals surface area contributed by atoms with Gasteiger partial charge in [-0.3, -0.25) is 9.59 Å². The van der Waals surface area contributed by atoms with Gasteiger partial charge in [-0.25, -0.2) is 4.98 Å². The fraction of sp³-hybridized carbons (Fsp3) is 0.292. The number of nitrogens with zero attached hydrogens (tertiary/aromatic N) is 2. The quantitative estimate of drug-likeness (QED) is 0.617. The standard InChI is InChI=1S/C24H27N3O4/c1-15-6-8-18(9-7-15)19-12-20(24(29)27(4)10-11-30-5)14-21(13-19)26-23(28)22-16(2)31-17(3)25-22/h6-9,12-14H,10-11H2,1-5H3,(H,26,28). The summed E-state index contributed by atoms with van der Waals surface area (Å²) in [5.41, 5.74) is 4.12. The Morgan fingerprint density at radius 1 is 1.06 bits per heavy atom. The van der Waals surface area contributed by atoms with E-state index in [9.17, 15) is 9.59 Å². The second kappa shape index (κ2) is 9.57. The summed E-state index contributed by atoms with van der Waals surface area (Å²) >= 11 is 0. The maximum atomic E-state index is 13.0. The average molecular weight is 421 g/mol. The van der Waals surface area contributed by atoms with Crippen LogP contribution in [0.25, 0.3) is 11.1 Å². The zero-order valence-electron chi connectivity index (χ0n) is 18.5. The number of anilines is 1. The highest BCUT2D eigenvalue weighted by Gasteiger charge is 2.18. The van der Waals surface area contributed by atoms with Gasteiger partial charge in [0, 0.05) is 38.9 Å². The number of carbonyl (C=O) groups excluding carboxylic acids is 2. The molecule has 0 aliphatic carbocycles. The molecule has 7 heteroatoms. The molecule has 0 spiro atoms. The van der Waals surface area contributed by atoms with Gasteiger partial charge in [-0.1, -0.05) is 29.8 Å². The molecule has 2 aromatic carbocycles. The van der Waals surface area contributed by atoms with Gasteiger partial charge in [0.2, 0.25) is 0 Å². The van der Waals surface area contributed by atoms with Crippen molar-refractivity contribution >= 4 is 17.5 Å². The Labute approximate surface area is 182 Å². The number of aromatic nitrogens is 1. The number of hydrogen-bond acceptors (Lipinski definition) is 5. The summed E-state index contributed by atoms with van der Waals surface area (Å²) in [5, 5.41) is 2.85. The first-order valence-corrected chi connectivity index (χ1v) is 10.0. The van der Waals surface area contributed by atoms with Crippen LogP contribution in [0.4, 0.5) is 5.69 Å². The van der Waals surface area contributed by atoms with Crippen LogP contribution in [-0.2, 0) is 4.74 Å². The van der Waals surface area contributed by atoms with Gasteiger partial charge < -0.3 is 19.4 Å². The van der Waals surface area contributed by atoms with Gasteiger partial charge in [0.1, 0.15) is 5.76 Å². The van der Waals surface area contributed by atoms with Crippen molar-refractivity contribution in [3.8, 4) is 11.1 Å². The van der Waals surface area contributed by atoms with Gasteiger partial charge in [-0.05, 0) is 43.2 Å². The Hall–Kier alpha value is -3.45. The van der Waals surface area contributed by atoms with Gasteiger partial charge in [-0.15, -0.1) is 0 Å². The number of aryl methyl sites for hydroxylation is 3. The van der Waals surface area contributed by atoms with E-state index < -0.39 is 0 Å². The molecule has 0 radical (unpaired) electrons. The van der Waals surface area contributed by atoms with Gasteiger partial charge >= 0.3 is 0 Å². The Bertz CT molecular complexity index is 1090. The second-order valence-corrected chi connectivity index (χ2v) is 7.48. The van der Waals surface area contributed by atoms with Crippen LogP contribution in [0.5, 0.6) is 0 Å². The van der Waals surface area contributed by atoms with E-state index in [1.165, 1.54) is 0 Å². The summed E-state index contributed by atoms with van der Waals surface area (Å²) in [4.78, 5) is 31.5. The Balaban J connectivity index is 1.98. The zero-order valence-corrected chi connectivity index (χ0v) is 18.5. The molecule has 2 amide bonds. The molecule has 0 unspecified atom stereocenters. The first kappa shape index (κ1) is 22.2. The van der Waals surface area contributed by atoms with Crippen molar-refractivity contribution in [3.63, 3.8) is 0 Å². The van der Waals surface area contributed by atoms with Crippen molar-refractivity contribution < 1.29 is 18.7 Å². The summed E-state index contributed by atoms with van der Waals surface area (Å²) in [5.74, 6) is 0.323. The van der Waals surface area contributed by atoms with E-state index in [0.29, 0.717) is 36.1 Å². The van der Waals surface area contributed by atoms with Crippen LogP contribution in [0.15, 0.2) is 46.9 Å². The fourth-order valence-corrected chi connectivity index (χ4v) is 3.22. The topological polar surface area (TPSA) is 84.7 Å². The summed E-state index contributed by atoms with van der Waals surface area (Å²) in [6.07, 6.45) is 0. The Kier molecular flexibility index (Phi) is 6.87. The molecule has 3 rings (SSSR count). The molecule has 0 aliphatic rings. The van der Waals surface area contributed by atoms with E-state index in [0.717, 1.165) is 16.7 Å². The maximum Gasteiger partial charge on any atom is 0.277 e. The van der Waals surface area contributed by atoms with E-state index in [4.69, 9.17) is 9.15 Å². The SMILES string of the molecule is COCCN(C)C(=O)c1cc(NC(=O)c2nc(C)oc2C)cc(-c2ccc(C)cc2)c1. The van der Waals surface area contributed by atoms with Crippen LogP contribution in [0.3, 0.4) is 0 Å². The number of likely N-dealkylation sites (N-methyl/N-ethyl adjacent to an activating group) is 1.